The molecule has 1 radical (unpaired) electrons. The first-order chi connectivity index (χ1) is 11.6. The van der Waals surface area contributed by atoms with Gasteiger partial charge in [-0.25, -0.2) is 4.39 Å². The minimum Gasteiger partial charge on any atom is -0.393 e. The number of hydrogen-bond acceptors (Lipinski definition) is 2. The molecule has 0 fully saturated rings. The molecule has 1 atom stereocenters. The molecule has 0 aromatic rings. The zero-order valence-electron chi connectivity index (χ0n) is 12.9. The number of alkyl halides is 14. The number of hydrogen-bond donors (Lipinski definition) is 0. The fraction of sp³-hybridized carbons (Fsp3) is 1.00. The summed E-state index contributed by atoms with van der Waals surface area (Å²) in [5.74, 6) is -29.8. The Kier molecular flexibility index (Phi) is 7.29. The summed E-state index contributed by atoms with van der Waals surface area (Å²) in [5, 5.41) is 0. The van der Waals surface area contributed by atoms with Crippen LogP contribution in [0.15, 0.2) is 0 Å². The van der Waals surface area contributed by atoms with Crippen LogP contribution in [0.2, 0.25) is 0 Å². The van der Waals surface area contributed by atoms with Gasteiger partial charge in [-0.3, -0.25) is 0 Å². The van der Waals surface area contributed by atoms with Gasteiger partial charge >= 0.3 is 44.7 Å². The molecule has 0 aliphatic heterocycles. The lowest BCUT2D eigenvalue weighted by Gasteiger charge is -2.40. The molecule has 0 bridgehead atoms. The van der Waals surface area contributed by atoms with Crippen LogP contribution in [0.4, 0.5) is 61.5 Å². The van der Waals surface area contributed by atoms with E-state index in [1.807, 2.05) is 0 Å². The Balaban J connectivity index is 6.21. The third-order valence-electron chi connectivity index (χ3n) is 3.03. The monoisotopic (exact) mass is 455 g/mol. The molecule has 0 heterocycles. The molecule has 0 rings (SSSR count). The minimum absolute atomic E-state index is 0.216. The van der Waals surface area contributed by atoms with Crippen molar-refractivity contribution in [3.63, 3.8) is 0 Å². The van der Waals surface area contributed by atoms with Gasteiger partial charge in [0.25, 0.3) is 0 Å². The quantitative estimate of drug-likeness (QED) is 0.369. The second-order valence-corrected chi connectivity index (χ2v) is 6.92. The van der Waals surface area contributed by atoms with Gasteiger partial charge in [0.05, 0.1) is 6.42 Å². The second-order valence-electron chi connectivity index (χ2n) is 4.90. The van der Waals surface area contributed by atoms with Crippen LogP contribution >= 0.6 is 0 Å². The largest absolute Gasteiger partial charge is 0.472 e. The van der Waals surface area contributed by atoms with Gasteiger partial charge in [-0.15, -0.1) is 0 Å². The molecule has 163 valence electrons. The van der Waals surface area contributed by atoms with Crippen LogP contribution in [0, 0.1) is 0 Å². The van der Waals surface area contributed by atoms with Crippen LogP contribution in [0.25, 0.3) is 0 Å². The zero-order chi connectivity index (χ0) is 22.3. The zero-order valence-corrected chi connectivity index (χ0v) is 13.9. The van der Waals surface area contributed by atoms with Crippen molar-refractivity contribution in [1.82, 2.24) is 0 Å². The van der Waals surface area contributed by atoms with E-state index in [0.717, 1.165) is 0 Å². The average Bonchev–Trinajstić information content (AvgIpc) is 2.45. The van der Waals surface area contributed by atoms with Crippen LogP contribution in [0.5, 0.6) is 0 Å². The van der Waals surface area contributed by atoms with Gasteiger partial charge in [0, 0.05) is 14.2 Å². The van der Waals surface area contributed by atoms with Crippen LogP contribution < -0.4 is 0 Å². The van der Waals surface area contributed by atoms with Crippen molar-refractivity contribution >= 4 is 9.28 Å². The van der Waals surface area contributed by atoms with Crippen LogP contribution in [-0.2, 0) is 8.85 Å². The first-order valence-electron chi connectivity index (χ1n) is 6.20. The Hall–Kier alpha value is -0.843. The van der Waals surface area contributed by atoms with Crippen LogP contribution in [-0.4, -0.2) is 65.1 Å². The molecule has 0 aliphatic rings. The summed E-state index contributed by atoms with van der Waals surface area (Å²) in [5.41, 5.74) is -6.29. The Bertz CT molecular complexity index is 501. The number of halogens is 14. The molecular formula is C10H9F14O2Si. The molecule has 17 heteroatoms. The SMILES string of the molecule is CO[Si](OC)C(F)(F)C(F)(F)C(F)(F)C(F)(F)C(F)(F)C(F)CC(F)(F)F. The van der Waals surface area contributed by atoms with Crippen LogP contribution in [0.3, 0.4) is 0 Å². The molecular weight excluding hydrogens is 446 g/mol. The van der Waals surface area contributed by atoms with E-state index in [2.05, 4.69) is 8.85 Å². The highest BCUT2D eigenvalue weighted by molar-refractivity contribution is 6.48. The molecule has 0 aliphatic carbocycles. The first kappa shape index (κ1) is 26.2. The molecule has 0 saturated carbocycles. The summed E-state index contributed by atoms with van der Waals surface area (Å²) in [7, 11) is -4.38. The van der Waals surface area contributed by atoms with Crippen molar-refractivity contribution in [2.75, 3.05) is 14.2 Å². The predicted octanol–water partition coefficient (Wildman–Crippen LogP) is 4.77. The van der Waals surface area contributed by atoms with Gasteiger partial charge in [-0.1, -0.05) is 0 Å². The first-order valence-corrected chi connectivity index (χ1v) is 7.52. The fourth-order valence-electron chi connectivity index (χ4n) is 1.60. The summed E-state index contributed by atoms with van der Waals surface area (Å²) in [6, 6.07) is 0. The highest BCUT2D eigenvalue weighted by Crippen LogP contribution is 2.59. The molecule has 0 N–H and O–H groups in total. The fourth-order valence-corrected chi connectivity index (χ4v) is 2.69. The Labute approximate surface area is 143 Å². The Morgan fingerprint density at radius 3 is 1.33 bits per heavy atom. The van der Waals surface area contributed by atoms with Crippen LogP contribution in [0.1, 0.15) is 6.42 Å². The summed E-state index contributed by atoms with van der Waals surface area (Å²) >= 11 is 0. The summed E-state index contributed by atoms with van der Waals surface area (Å²) in [6.07, 6.45) is -14.5. The standard InChI is InChI=1S/C10H9F14O2Si/c1-25-27(26-2)10(23,24)9(21,22)8(19,20)7(17,18)6(15,16)4(11)3-5(12,13)14/h4H,3H2,1-2H3. The van der Waals surface area contributed by atoms with Gasteiger partial charge in [0.15, 0.2) is 6.17 Å². The van der Waals surface area contributed by atoms with E-state index in [-0.39, 0.29) is 14.2 Å². The van der Waals surface area contributed by atoms with Crippen molar-refractivity contribution in [1.29, 1.82) is 0 Å². The molecule has 27 heavy (non-hydrogen) atoms. The normalized spacial score (nSPS) is 16.8. The average molecular weight is 455 g/mol. The van der Waals surface area contributed by atoms with Crippen molar-refractivity contribution in [2.24, 2.45) is 0 Å². The summed E-state index contributed by atoms with van der Waals surface area (Å²) in [4.78, 5) is 0. The van der Waals surface area contributed by atoms with Crippen molar-refractivity contribution in [2.45, 2.75) is 48.0 Å². The second kappa shape index (κ2) is 7.53. The van der Waals surface area contributed by atoms with Crippen molar-refractivity contribution in [3.8, 4) is 0 Å². The highest BCUT2D eigenvalue weighted by atomic mass is 28.3. The van der Waals surface area contributed by atoms with E-state index in [9.17, 15) is 61.5 Å². The highest BCUT2D eigenvalue weighted by Gasteiger charge is 2.89. The van der Waals surface area contributed by atoms with E-state index >= 15 is 0 Å². The topological polar surface area (TPSA) is 18.5 Å². The molecule has 0 aromatic carbocycles. The van der Waals surface area contributed by atoms with Crippen molar-refractivity contribution < 1.29 is 70.3 Å². The van der Waals surface area contributed by atoms with Gasteiger partial charge in [0.1, 0.15) is 0 Å². The van der Waals surface area contributed by atoms with E-state index in [0.29, 0.717) is 0 Å². The molecule has 2 nitrogen and oxygen atoms in total. The van der Waals surface area contributed by atoms with E-state index in [1.54, 1.807) is 0 Å². The number of rotatable bonds is 9. The van der Waals surface area contributed by atoms with E-state index in [4.69, 9.17) is 0 Å². The lowest BCUT2D eigenvalue weighted by atomic mass is 9.94. The minimum atomic E-state index is -7.71. The van der Waals surface area contributed by atoms with Gasteiger partial charge < -0.3 is 8.85 Å². The van der Waals surface area contributed by atoms with Gasteiger partial charge in [-0.2, -0.15) is 57.1 Å². The maximum absolute atomic E-state index is 13.5. The van der Waals surface area contributed by atoms with E-state index < -0.39 is 57.3 Å². The maximum Gasteiger partial charge on any atom is 0.472 e. The molecule has 0 amide bonds. The van der Waals surface area contributed by atoms with Gasteiger partial charge in [-0.05, 0) is 0 Å². The predicted molar refractivity (Wildman–Crippen MR) is 60.1 cm³/mol. The van der Waals surface area contributed by atoms with Crippen molar-refractivity contribution in [3.05, 3.63) is 0 Å². The Morgan fingerprint density at radius 1 is 0.667 bits per heavy atom. The third kappa shape index (κ3) is 4.28. The van der Waals surface area contributed by atoms with Gasteiger partial charge in [0.2, 0.25) is 0 Å². The van der Waals surface area contributed by atoms with E-state index in [1.165, 1.54) is 0 Å². The smallest absolute Gasteiger partial charge is 0.393 e. The summed E-state index contributed by atoms with van der Waals surface area (Å²) < 4.78 is 189. The molecule has 1 unspecified atom stereocenters. The molecule has 0 aromatic heterocycles. The lowest BCUT2D eigenvalue weighted by Crippen LogP contribution is -2.72. The third-order valence-corrected chi connectivity index (χ3v) is 4.60. The maximum atomic E-state index is 13.5. The molecule has 0 spiro atoms. The lowest BCUT2D eigenvalue weighted by molar-refractivity contribution is -0.401. The molecule has 0 saturated heterocycles. The Morgan fingerprint density at radius 2 is 1.04 bits per heavy atom. The summed E-state index contributed by atoms with van der Waals surface area (Å²) in [6.45, 7) is 0.